The highest BCUT2D eigenvalue weighted by molar-refractivity contribution is 5.97. The molecule has 4 heterocycles. The number of rotatable bonds is 10. The summed E-state index contributed by atoms with van der Waals surface area (Å²) in [5.41, 5.74) is 11.9. The van der Waals surface area contributed by atoms with Gasteiger partial charge in [-0.1, -0.05) is 60.7 Å². The van der Waals surface area contributed by atoms with Crippen molar-refractivity contribution in [1.82, 2.24) is 20.8 Å². The van der Waals surface area contributed by atoms with Crippen LogP contribution in [0.1, 0.15) is 43.2 Å². The average molecular weight is 867 g/mol. The summed E-state index contributed by atoms with van der Waals surface area (Å²) in [6.07, 6.45) is 7.31. The Balaban J connectivity index is 0.00000266. The fourth-order valence-electron chi connectivity index (χ4n) is 6.29. The highest BCUT2D eigenvalue weighted by atomic mass is 79.9. The van der Waals surface area contributed by atoms with Gasteiger partial charge in [-0.3, -0.25) is 9.59 Å². The molecule has 0 radical (unpaired) electrons. The highest BCUT2D eigenvalue weighted by Crippen LogP contribution is 2.15. The van der Waals surface area contributed by atoms with Crippen molar-refractivity contribution in [3.8, 4) is 0 Å². The number of fused-ring (bicyclic) bond motifs is 3. The van der Waals surface area contributed by atoms with E-state index in [2.05, 4.69) is 76.8 Å². The van der Waals surface area contributed by atoms with Crippen molar-refractivity contribution in [3.05, 3.63) is 192 Å². The Labute approximate surface area is 343 Å². The molecule has 0 aliphatic carbocycles. The lowest BCUT2D eigenvalue weighted by molar-refractivity contribution is -0.662. The molecular formula is C44H34Br2N8O2. The monoisotopic (exact) mass is 864 g/mol. The molecule has 0 bridgehead atoms. The third-order valence-electron chi connectivity index (χ3n) is 8.97. The van der Waals surface area contributed by atoms with Gasteiger partial charge in [-0.05, 0) is 71.8 Å². The van der Waals surface area contributed by atoms with Crippen LogP contribution in [0, 0.1) is 0 Å². The molecule has 276 valence electrons. The summed E-state index contributed by atoms with van der Waals surface area (Å²) in [6.45, 7) is 1.52. The molecule has 0 aliphatic heterocycles. The quantitative estimate of drug-likeness (QED) is 0.116. The number of nitrogens with zero attached hydrogens (tertiary/aromatic N) is 6. The third-order valence-corrected chi connectivity index (χ3v) is 8.97. The molecule has 2 N–H and O–H groups in total. The van der Waals surface area contributed by atoms with Gasteiger partial charge in [-0.2, -0.15) is 19.3 Å². The first-order valence-corrected chi connectivity index (χ1v) is 17.4. The SMILES string of the molecule is O=C(N/N=C/c1ccc2c(ccc[n+]2Cc2ccccc2)c1)c1ccc2ccc(C(=O)N/N=C/c3ccc4c(ccc[n+]4Cc4ccccc4)c3)nc2n1.[Br-].[Br-]. The molecule has 10 nitrogen and oxygen atoms in total. The molecule has 0 saturated heterocycles. The summed E-state index contributed by atoms with van der Waals surface area (Å²) < 4.78 is 4.39. The van der Waals surface area contributed by atoms with Crippen LogP contribution >= 0.6 is 0 Å². The molecular weight excluding hydrogens is 832 g/mol. The van der Waals surface area contributed by atoms with E-state index < -0.39 is 11.8 Å². The third kappa shape index (κ3) is 9.23. The molecule has 0 spiro atoms. The van der Waals surface area contributed by atoms with Crippen molar-refractivity contribution in [3.63, 3.8) is 0 Å². The molecule has 4 aromatic heterocycles. The number of hydrogen-bond donors (Lipinski definition) is 2. The smallest absolute Gasteiger partial charge is 0.290 e. The van der Waals surface area contributed by atoms with Gasteiger partial charge in [0.25, 0.3) is 11.8 Å². The van der Waals surface area contributed by atoms with E-state index in [4.69, 9.17) is 0 Å². The van der Waals surface area contributed by atoms with E-state index >= 15 is 0 Å². The summed E-state index contributed by atoms with van der Waals surface area (Å²) in [4.78, 5) is 34.7. The van der Waals surface area contributed by atoms with Crippen LogP contribution in [0.4, 0.5) is 0 Å². The Kier molecular flexibility index (Phi) is 12.8. The number of halogens is 2. The largest absolute Gasteiger partial charge is 1.00 e. The van der Waals surface area contributed by atoms with Gasteiger partial charge in [0, 0.05) is 51.6 Å². The van der Waals surface area contributed by atoms with Gasteiger partial charge < -0.3 is 34.0 Å². The number of benzene rings is 4. The van der Waals surface area contributed by atoms with Crippen LogP contribution in [0.25, 0.3) is 32.8 Å². The van der Waals surface area contributed by atoms with Gasteiger partial charge in [0.05, 0.1) is 12.4 Å². The van der Waals surface area contributed by atoms with Crippen molar-refractivity contribution >= 4 is 57.1 Å². The zero-order valence-electron chi connectivity index (χ0n) is 29.8. The summed E-state index contributed by atoms with van der Waals surface area (Å²) in [5.74, 6) is -1.01. The Morgan fingerprint density at radius 2 is 0.964 bits per heavy atom. The first kappa shape index (κ1) is 39.2. The van der Waals surface area contributed by atoms with Gasteiger partial charge in [-0.25, -0.2) is 20.8 Å². The normalized spacial score (nSPS) is 11.1. The molecule has 2 amide bonds. The van der Waals surface area contributed by atoms with Crippen molar-refractivity contribution in [1.29, 1.82) is 0 Å². The second kappa shape index (κ2) is 18.2. The summed E-state index contributed by atoms with van der Waals surface area (Å²) >= 11 is 0. The van der Waals surface area contributed by atoms with Gasteiger partial charge in [0.2, 0.25) is 11.0 Å². The van der Waals surface area contributed by atoms with Crippen LogP contribution < -0.4 is 53.9 Å². The van der Waals surface area contributed by atoms with Gasteiger partial charge in [-0.15, -0.1) is 0 Å². The number of aromatic nitrogens is 4. The minimum absolute atomic E-state index is 0. The second-order valence-electron chi connectivity index (χ2n) is 12.7. The first-order chi connectivity index (χ1) is 26.6. The molecule has 8 rings (SSSR count). The lowest BCUT2D eigenvalue weighted by atomic mass is 10.1. The summed E-state index contributed by atoms with van der Waals surface area (Å²) in [7, 11) is 0. The highest BCUT2D eigenvalue weighted by Gasteiger charge is 2.14. The van der Waals surface area contributed by atoms with Crippen molar-refractivity contribution < 1.29 is 52.7 Å². The maximum Gasteiger partial charge on any atom is 0.290 e. The summed E-state index contributed by atoms with van der Waals surface area (Å²) in [6, 6.07) is 47.4. The van der Waals surface area contributed by atoms with Crippen molar-refractivity contribution in [2.24, 2.45) is 10.2 Å². The van der Waals surface area contributed by atoms with E-state index in [1.54, 1.807) is 36.7 Å². The fourth-order valence-corrected chi connectivity index (χ4v) is 6.29. The number of hydrogen-bond acceptors (Lipinski definition) is 6. The zero-order chi connectivity index (χ0) is 36.7. The molecule has 0 fully saturated rings. The Bertz CT molecular complexity index is 2540. The maximum atomic E-state index is 13.0. The molecule has 56 heavy (non-hydrogen) atoms. The van der Waals surface area contributed by atoms with Gasteiger partial charge >= 0.3 is 0 Å². The van der Waals surface area contributed by atoms with Crippen LogP contribution in [0.2, 0.25) is 0 Å². The number of nitrogens with one attached hydrogen (secondary N) is 2. The van der Waals surface area contributed by atoms with E-state index in [0.717, 1.165) is 46.0 Å². The Morgan fingerprint density at radius 3 is 1.41 bits per heavy atom. The van der Waals surface area contributed by atoms with Gasteiger partial charge in [0.15, 0.2) is 31.1 Å². The number of carbonyl (C=O) groups is 2. The van der Waals surface area contributed by atoms with Crippen LogP contribution in [0.3, 0.4) is 0 Å². The number of hydrazone groups is 2. The standard InChI is InChI=1S/C44H32N8O2.2BrH/c53-43(49-45-27-33-15-21-40-36(25-33)13-7-23-51(40)29-31-9-3-1-4-10-31)38-19-17-35-18-20-39(48-42(35)47-38)44(54)50-46-28-34-16-22-41-37(26-34)14-8-24-52(41)30-32-11-5-2-6-12-32;;/h1-28H,29-30H2;2*1H/b45-27+,46-28+;;. The molecule has 8 aromatic rings. The van der Waals surface area contributed by atoms with E-state index in [-0.39, 0.29) is 51.0 Å². The molecule has 0 atom stereocenters. The number of amides is 2. The predicted octanol–water partition coefficient (Wildman–Crippen LogP) is 0.144. The lowest BCUT2D eigenvalue weighted by Crippen LogP contribution is -3.00. The number of carbonyl (C=O) groups excluding carboxylic acids is 2. The van der Waals surface area contributed by atoms with Crippen LogP contribution in [-0.2, 0) is 13.1 Å². The topological polar surface area (TPSA) is 116 Å². The second-order valence-corrected chi connectivity index (χ2v) is 12.7. The fraction of sp³-hybridized carbons (Fsp3) is 0.0455. The van der Waals surface area contributed by atoms with E-state index in [0.29, 0.717) is 5.39 Å². The lowest BCUT2D eigenvalue weighted by Gasteiger charge is -2.04. The average Bonchev–Trinajstić information content (AvgIpc) is 3.21. The molecule has 0 aliphatic rings. The minimum atomic E-state index is -0.503. The van der Waals surface area contributed by atoms with Crippen molar-refractivity contribution in [2.75, 3.05) is 0 Å². The Hall–Kier alpha value is -6.50. The molecule has 0 unspecified atom stereocenters. The zero-order valence-corrected chi connectivity index (χ0v) is 33.0. The molecule has 12 heteroatoms. The van der Waals surface area contributed by atoms with E-state index in [9.17, 15) is 9.59 Å². The maximum absolute atomic E-state index is 13.0. The Morgan fingerprint density at radius 1 is 0.518 bits per heavy atom. The van der Waals surface area contributed by atoms with E-state index in [1.807, 2.05) is 97.1 Å². The first-order valence-electron chi connectivity index (χ1n) is 17.4. The minimum Gasteiger partial charge on any atom is -1.00 e. The van der Waals surface area contributed by atoms with Crippen LogP contribution in [0.15, 0.2) is 168 Å². The predicted molar refractivity (Wildman–Crippen MR) is 209 cm³/mol. The summed E-state index contributed by atoms with van der Waals surface area (Å²) in [5, 5.41) is 11.1. The van der Waals surface area contributed by atoms with Crippen LogP contribution in [-0.4, -0.2) is 34.2 Å². The van der Waals surface area contributed by atoms with E-state index in [1.165, 1.54) is 11.1 Å². The van der Waals surface area contributed by atoms with Crippen LogP contribution in [0.5, 0.6) is 0 Å². The number of pyridine rings is 4. The molecule has 0 saturated carbocycles. The molecule has 4 aromatic carbocycles. The van der Waals surface area contributed by atoms with Gasteiger partial charge in [0.1, 0.15) is 11.4 Å². The van der Waals surface area contributed by atoms with Crippen molar-refractivity contribution in [2.45, 2.75) is 13.1 Å².